The van der Waals surface area contributed by atoms with Gasteiger partial charge in [-0.05, 0) is 55.9 Å². The van der Waals surface area contributed by atoms with Crippen LogP contribution in [0.1, 0.15) is 28.9 Å². The average molecular weight is 319 g/mol. The van der Waals surface area contributed by atoms with Crippen LogP contribution in [0.5, 0.6) is 0 Å². The third-order valence-corrected chi connectivity index (χ3v) is 4.68. The van der Waals surface area contributed by atoms with Crippen LogP contribution in [0, 0.1) is 0 Å². The van der Waals surface area contributed by atoms with Crippen LogP contribution in [0.25, 0.3) is 0 Å². The van der Waals surface area contributed by atoms with Crippen LogP contribution in [0.15, 0.2) is 53.7 Å². The summed E-state index contributed by atoms with van der Waals surface area (Å²) >= 11 is 0. The van der Waals surface area contributed by atoms with E-state index in [4.69, 9.17) is 0 Å². The van der Waals surface area contributed by atoms with Gasteiger partial charge in [-0.3, -0.25) is 9.78 Å². The number of carbonyl (C=O) groups is 1. The molecule has 2 rings (SSSR count). The molecule has 1 amide bonds. The number of sulfonamides is 1. The molecule has 7 heteroatoms. The molecule has 1 atom stereocenters. The Morgan fingerprint density at radius 2 is 1.68 bits per heavy atom. The number of nitrogens with zero attached hydrogens (tertiary/aromatic N) is 1. The van der Waals surface area contributed by atoms with E-state index < -0.39 is 10.0 Å². The zero-order valence-electron chi connectivity index (χ0n) is 12.3. The minimum atomic E-state index is -3.50. The van der Waals surface area contributed by atoms with E-state index in [0.717, 1.165) is 5.56 Å². The quantitative estimate of drug-likeness (QED) is 0.874. The first-order valence-corrected chi connectivity index (χ1v) is 8.17. The maximum atomic E-state index is 12.2. The number of carbonyl (C=O) groups excluding carboxylic acids is 1. The van der Waals surface area contributed by atoms with Gasteiger partial charge in [-0.15, -0.1) is 0 Å². The zero-order chi connectivity index (χ0) is 16.2. The molecule has 0 bridgehead atoms. The number of benzene rings is 1. The number of pyridine rings is 1. The van der Waals surface area contributed by atoms with E-state index in [9.17, 15) is 13.2 Å². The van der Waals surface area contributed by atoms with Gasteiger partial charge in [-0.2, -0.15) is 0 Å². The third kappa shape index (κ3) is 3.69. The van der Waals surface area contributed by atoms with Crippen molar-refractivity contribution in [2.45, 2.75) is 17.9 Å². The Morgan fingerprint density at radius 1 is 1.09 bits per heavy atom. The van der Waals surface area contributed by atoms with Crippen molar-refractivity contribution >= 4 is 15.9 Å². The van der Waals surface area contributed by atoms with Gasteiger partial charge in [0.2, 0.25) is 10.0 Å². The number of rotatable bonds is 5. The summed E-state index contributed by atoms with van der Waals surface area (Å²) < 4.78 is 25.5. The van der Waals surface area contributed by atoms with Crippen molar-refractivity contribution in [1.82, 2.24) is 15.0 Å². The van der Waals surface area contributed by atoms with E-state index in [2.05, 4.69) is 15.0 Å². The van der Waals surface area contributed by atoms with Crippen molar-refractivity contribution in [1.29, 1.82) is 0 Å². The van der Waals surface area contributed by atoms with Crippen LogP contribution in [0.2, 0.25) is 0 Å². The minimum absolute atomic E-state index is 0.119. The van der Waals surface area contributed by atoms with E-state index in [1.807, 2.05) is 19.1 Å². The van der Waals surface area contributed by atoms with Crippen molar-refractivity contribution in [3.8, 4) is 0 Å². The van der Waals surface area contributed by atoms with Crippen molar-refractivity contribution in [2.75, 3.05) is 7.05 Å². The molecule has 0 saturated heterocycles. The summed E-state index contributed by atoms with van der Waals surface area (Å²) in [6, 6.07) is 9.25. The SMILES string of the molecule is CNS(=O)(=O)c1ccc(C(=O)N[C@@H](C)c2ccncc2)cc1. The lowest BCUT2D eigenvalue weighted by Gasteiger charge is -2.14. The fraction of sp³-hybridized carbons (Fsp3) is 0.200. The first-order valence-electron chi connectivity index (χ1n) is 6.68. The topological polar surface area (TPSA) is 88.2 Å². The van der Waals surface area contributed by atoms with Crippen molar-refractivity contribution in [2.24, 2.45) is 0 Å². The van der Waals surface area contributed by atoms with Crippen LogP contribution >= 0.6 is 0 Å². The number of hydrogen-bond acceptors (Lipinski definition) is 4. The van der Waals surface area contributed by atoms with E-state index in [-0.39, 0.29) is 16.8 Å². The van der Waals surface area contributed by atoms with Crippen LogP contribution in [-0.2, 0) is 10.0 Å². The smallest absolute Gasteiger partial charge is 0.251 e. The lowest BCUT2D eigenvalue weighted by molar-refractivity contribution is 0.0939. The molecule has 0 fully saturated rings. The first kappa shape index (κ1) is 16.1. The monoisotopic (exact) mass is 319 g/mol. The largest absolute Gasteiger partial charge is 0.346 e. The Balaban J connectivity index is 2.11. The summed E-state index contributed by atoms with van der Waals surface area (Å²) in [6.45, 7) is 1.87. The maximum Gasteiger partial charge on any atom is 0.251 e. The predicted molar refractivity (Wildman–Crippen MR) is 82.8 cm³/mol. The Kier molecular flexibility index (Phi) is 4.89. The standard InChI is InChI=1S/C15H17N3O3S/c1-11(12-7-9-17-10-8-12)18-15(19)13-3-5-14(6-4-13)22(20,21)16-2/h3-11,16H,1-2H3,(H,18,19)/t11-/m0/s1. The summed E-state index contributed by atoms with van der Waals surface area (Å²) in [6.07, 6.45) is 3.32. The highest BCUT2D eigenvalue weighted by molar-refractivity contribution is 7.89. The first-order chi connectivity index (χ1) is 10.4. The van der Waals surface area contributed by atoms with Crippen molar-refractivity contribution < 1.29 is 13.2 Å². The normalized spacial score (nSPS) is 12.6. The second-order valence-electron chi connectivity index (χ2n) is 4.71. The predicted octanol–water partition coefficient (Wildman–Crippen LogP) is 1.48. The molecule has 6 nitrogen and oxygen atoms in total. The Hall–Kier alpha value is -2.25. The van der Waals surface area contributed by atoms with Crippen LogP contribution < -0.4 is 10.0 Å². The van der Waals surface area contributed by atoms with Crippen molar-refractivity contribution in [3.63, 3.8) is 0 Å². The lowest BCUT2D eigenvalue weighted by atomic mass is 10.1. The van der Waals surface area contributed by atoms with Crippen LogP contribution in [-0.4, -0.2) is 26.4 Å². The molecule has 1 heterocycles. The lowest BCUT2D eigenvalue weighted by Crippen LogP contribution is -2.26. The highest BCUT2D eigenvalue weighted by atomic mass is 32.2. The molecule has 0 aliphatic heterocycles. The van der Waals surface area contributed by atoms with Crippen molar-refractivity contribution in [3.05, 3.63) is 59.9 Å². The molecule has 2 N–H and O–H groups in total. The molecular weight excluding hydrogens is 302 g/mol. The average Bonchev–Trinajstić information content (AvgIpc) is 2.55. The second-order valence-corrected chi connectivity index (χ2v) is 6.59. The molecule has 1 aromatic heterocycles. The van der Waals surface area contributed by atoms with E-state index in [0.29, 0.717) is 5.56 Å². The highest BCUT2D eigenvalue weighted by Crippen LogP contribution is 2.13. The van der Waals surface area contributed by atoms with E-state index in [1.165, 1.54) is 31.3 Å². The van der Waals surface area contributed by atoms with Gasteiger partial charge in [-0.25, -0.2) is 13.1 Å². The van der Waals surface area contributed by atoms with Gasteiger partial charge in [0, 0.05) is 18.0 Å². The second kappa shape index (κ2) is 6.67. The number of aromatic nitrogens is 1. The van der Waals surface area contributed by atoms with Gasteiger partial charge < -0.3 is 5.32 Å². The molecule has 22 heavy (non-hydrogen) atoms. The molecule has 116 valence electrons. The minimum Gasteiger partial charge on any atom is -0.346 e. The molecular formula is C15H17N3O3S. The zero-order valence-corrected chi connectivity index (χ0v) is 13.1. The molecule has 0 unspecified atom stereocenters. The summed E-state index contributed by atoms with van der Waals surface area (Å²) in [5.41, 5.74) is 1.34. The van der Waals surface area contributed by atoms with Gasteiger partial charge in [0.05, 0.1) is 10.9 Å². The number of hydrogen-bond donors (Lipinski definition) is 2. The van der Waals surface area contributed by atoms with Gasteiger partial charge >= 0.3 is 0 Å². The Morgan fingerprint density at radius 3 is 2.23 bits per heavy atom. The van der Waals surface area contributed by atoms with Gasteiger partial charge in [0.1, 0.15) is 0 Å². The summed E-state index contributed by atoms with van der Waals surface area (Å²) in [4.78, 5) is 16.2. The molecule has 1 aromatic carbocycles. The highest BCUT2D eigenvalue weighted by Gasteiger charge is 2.14. The third-order valence-electron chi connectivity index (χ3n) is 3.25. The number of amides is 1. The molecule has 0 spiro atoms. The summed E-state index contributed by atoms with van der Waals surface area (Å²) in [7, 11) is -2.16. The Labute approximate surface area is 129 Å². The molecule has 0 radical (unpaired) electrons. The van der Waals surface area contributed by atoms with Gasteiger partial charge in [0.15, 0.2) is 0 Å². The van der Waals surface area contributed by atoms with Gasteiger partial charge in [0.25, 0.3) is 5.91 Å². The van der Waals surface area contributed by atoms with Gasteiger partial charge in [-0.1, -0.05) is 0 Å². The molecule has 0 saturated carbocycles. The maximum absolute atomic E-state index is 12.2. The fourth-order valence-corrected chi connectivity index (χ4v) is 2.65. The Bertz CT molecular complexity index is 743. The van der Waals surface area contributed by atoms with Crippen LogP contribution in [0.3, 0.4) is 0 Å². The fourth-order valence-electron chi connectivity index (χ4n) is 1.92. The molecule has 2 aromatic rings. The molecule has 0 aliphatic rings. The van der Waals surface area contributed by atoms with E-state index in [1.54, 1.807) is 12.4 Å². The molecule has 0 aliphatic carbocycles. The summed E-state index contributed by atoms with van der Waals surface area (Å²) in [5.74, 6) is -0.266. The van der Waals surface area contributed by atoms with Crippen LogP contribution in [0.4, 0.5) is 0 Å². The summed E-state index contributed by atoms with van der Waals surface area (Å²) in [5, 5.41) is 2.85. The number of nitrogens with one attached hydrogen (secondary N) is 2. The van der Waals surface area contributed by atoms with E-state index >= 15 is 0 Å².